The molecule has 0 radical (unpaired) electrons. The average Bonchev–Trinajstić information content (AvgIpc) is 3.20. The van der Waals surface area contributed by atoms with Gasteiger partial charge in [-0.2, -0.15) is 8.78 Å². The van der Waals surface area contributed by atoms with Crippen molar-refractivity contribution in [3.8, 4) is 22.8 Å². The quantitative estimate of drug-likeness (QED) is 0.272. The molecule has 0 amide bonds. The number of fused-ring (bicyclic) bond motifs is 1. The minimum Gasteiger partial charge on any atom is -0.487 e. The van der Waals surface area contributed by atoms with E-state index in [0.717, 1.165) is 18.4 Å². The number of para-hydroxylation sites is 1. The minimum atomic E-state index is -3.47. The first kappa shape index (κ1) is 25.9. The number of sulfone groups is 1. The van der Waals surface area contributed by atoms with Crippen LogP contribution in [0.15, 0.2) is 65.1 Å². The number of nitrogens with one attached hydrogen (secondary N) is 1. The number of rotatable bonds is 10. The van der Waals surface area contributed by atoms with E-state index in [2.05, 4.69) is 10.1 Å². The van der Waals surface area contributed by atoms with Gasteiger partial charge in [-0.15, -0.1) is 0 Å². The lowest BCUT2D eigenvalue weighted by Crippen LogP contribution is -2.13. The van der Waals surface area contributed by atoms with Crippen LogP contribution in [-0.2, 0) is 16.4 Å². The van der Waals surface area contributed by atoms with Crippen molar-refractivity contribution in [2.75, 3.05) is 17.4 Å². The van der Waals surface area contributed by atoms with E-state index in [-0.39, 0.29) is 51.6 Å². The zero-order chi connectivity index (χ0) is 26.7. The fraction of sp³-hybridized carbons (Fsp3) is 0.160. The van der Waals surface area contributed by atoms with Crippen molar-refractivity contribution in [3.05, 3.63) is 77.6 Å². The molecule has 3 aromatic carbocycles. The molecule has 0 saturated carbocycles. The van der Waals surface area contributed by atoms with Gasteiger partial charge in [0.2, 0.25) is 0 Å². The largest absolute Gasteiger partial charge is 0.487 e. The van der Waals surface area contributed by atoms with Crippen LogP contribution in [0.3, 0.4) is 0 Å². The molecule has 0 spiro atoms. The number of aromatic carboxylic acids is 1. The molecule has 0 aliphatic heterocycles. The highest BCUT2D eigenvalue weighted by atomic mass is 32.2. The third-order valence-electron chi connectivity index (χ3n) is 5.21. The Bertz CT molecular complexity index is 1550. The molecule has 0 unspecified atom stereocenters. The molecule has 4 rings (SSSR count). The first-order valence-corrected chi connectivity index (χ1v) is 12.7. The van der Waals surface area contributed by atoms with E-state index in [0.29, 0.717) is 5.56 Å². The number of ether oxygens (including phenoxy) is 2. The van der Waals surface area contributed by atoms with Gasteiger partial charge in [-0.1, -0.05) is 18.2 Å². The molecule has 1 heterocycles. The number of anilines is 1. The molecule has 12 heteroatoms. The number of carboxylic acid groups (broad SMARTS) is 1. The summed E-state index contributed by atoms with van der Waals surface area (Å²) >= 11 is 0. The molecule has 0 aliphatic carbocycles. The summed E-state index contributed by atoms with van der Waals surface area (Å²) in [4.78, 5) is 12.2. The van der Waals surface area contributed by atoms with Gasteiger partial charge >= 0.3 is 12.6 Å². The minimum absolute atomic E-state index is 0.0376. The lowest BCUT2D eigenvalue weighted by Gasteiger charge is -2.15. The molecule has 0 bridgehead atoms. The maximum atomic E-state index is 13.4. The van der Waals surface area contributed by atoms with Crippen molar-refractivity contribution < 1.29 is 45.4 Å². The number of furan rings is 1. The molecular weight excluding hydrogens is 515 g/mol. The Morgan fingerprint density at radius 3 is 2.43 bits per heavy atom. The van der Waals surface area contributed by atoms with Crippen LogP contribution in [0, 0.1) is 5.82 Å². The van der Waals surface area contributed by atoms with Gasteiger partial charge in [0.1, 0.15) is 46.7 Å². The number of hydrogen-bond donors (Lipinski definition) is 2. The number of hydrogen-bond acceptors (Lipinski definition) is 7. The molecule has 0 aliphatic rings. The summed E-state index contributed by atoms with van der Waals surface area (Å²) in [5.74, 6) is -2.43. The third kappa shape index (κ3) is 6.15. The standard InChI is InChI=1S/C25H20F3NO7S/c1-37(32,33)13-29-18-11-20-17(22(24(30)31)23(35-20)14-6-8-16(26)9-7-14)10-21(18)34-12-15-4-2-3-5-19(15)36-25(27)28/h2-11,25,29H,12-13H2,1H3,(H,30,31). The van der Waals surface area contributed by atoms with Crippen molar-refractivity contribution in [1.29, 1.82) is 0 Å². The highest BCUT2D eigenvalue weighted by Gasteiger charge is 2.24. The SMILES string of the molecule is CS(=O)(=O)CNc1cc2oc(-c3ccc(F)cc3)c(C(=O)O)c2cc1OCc1ccccc1OC(F)F. The molecular formula is C25H20F3NO7S. The second-order valence-electron chi connectivity index (χ2n) is 7.98. The number of halogens is 3. The fourth-order valence-corrected chi connectivity index (χ4v) is 4.01. The van der Waals surface area contributed by atoms with Crippen molar-refractivity contribution in [1.82, 2.24) is 0 Å². The molecule has 0 fully saturated rings. The Hall–Kier alpha value is -4.19. The molecule has 194 valence electrons. The molecule has 0 saturated heterocycles. The zero-order valence-corrected chi connectivity index (χ0v) is 20.0. The first-order chi connectivity index (χ1) is 17.5. The predicted molar refractivity (Wildman–Crippen MR) is 129 cm³/mol. The van der Waals surface area contributed by atoms with Crippen molar-refractivity contribution in [3.63, 3.8) is 0 Å². The van der Waals surface area contributed by atoms with E-state index in [9.17, 15) is 31.5 Å². The van der Waals surface area contributed by atoms with Crippen LogP contribution >= 0.6 is 0 Å². The summed E-state index contributed by atoms with van der Waals surface area (Å²) in [6.07, 6.45) is 1.01. The van der Waals surface area contributed by atoms with Gasteiger partial charge in [0.05, 0.1) is 5.69 Å². The Kier molecular flexibility index (Phi) is 7.30. The van der Waals surface area contributed by atoms with Crippen LogP contribution in [0.1, 0.15) is 15.9 Å². The van der Waals surface area contributed by atoms with E-state index < -0.39 is 34.1 Å². The lowest BCUT2D eigenvalue weighted by atomic mass is 10.0. The van der Waals surface area contributed by atoms with Gasteiger partial charge in [-0.25, -0.2) is 17.6 Å². The maximum Gasteiger partial charge on any atom is 0.387 e. The average molecular weight is 535 g/mol. The second-order valence-corrected chi connectivity index (χ2v) is 10.1. The van der Waals surface area contributed by atoms with E-state index in [4.69, 9.17) is 9.15 Å². The van der Waals surface area contributed by atoms with Gasteiger partial charge in [0, 0.05) is 28.8 Å². The van der Waals surface area contributed by atoms with E-state index in [1.54, 1.807) is 6.07 Å². The lowest BCUT2D eigenvalue weighted by molar-refractivity contribution is -0.0508. The molecule has 2 N–H and O–H groups in total. The summed E-state index contributed by atoms with van der Waals surface area (Å²) in [5, 5.41) is 12.8. The summed E-state index contributed by atoms with van der Waals surface area (Å²) in [6.45, 7) is -3.31. The summed E-state index contributed by atoms with van der Waals surface area (Å²) in [6, 6.07) is 13.7. The number of carboxylic acids is 1. The van der Waals surface area contributed by atoms with Gasteiger partial charge in [0.15, 0.2) is 9.84 Å². The summed E-state index contributed by atoms with van der Waals surface area (Å²) in [5.41, 5.74) is 0.612. The van der Waals surface area contributed by atoms with E-state index in [1.165, 1.54) is 42.5 Å². The molecule has 4 aromatic rings. The molecule has 0 atom stereocenters. The number of alkyl halides is 2. The summed E-state index contributed by atoms with van der Waals surface area (Å²) < 4.78 is 78.6. The van der Waals surface area contributed by atoms with Crippen LogP contribution in [-0.4, -0.2) is 38.2 Å². The van der Waals surface area contributed by atoms with Crippen LogP contribution in [0.2, 0.25) is 0 Å². The summed E-state index contributed by atoms with van der Waals surface area (Å²) in [7, 11) is -3.47. The van der Waals surface area contributed by atoms with Gasteiger partial charge in [-0.3, -0.25) is 0 Å². The van der Waals surface area contributed by atoms with E-state index in [1.807, 2.05) is 0 Å². The highest BCUT2D eigenvalue weighted by molar-refractivity contribution is 7.90. The van der Waals surface area contributed by atoms with Crippen LogP contribution in [0.25, 0.3) is 22.3 Å². The fourth-order valence-electron chi connectivity index (χ4n) is 3.60. The normalized spacial score (nSPS) is 11.6. The smallest absolute Gasteiger partial charge is 0.387 e. The molecule has 1 aromatic heterocycles. The molecule has 8 nitrogen and oxygen atoms in total. The van der Waals surface area contributed by atoms with Crippen LogP contribution in [0.4, 0.5) is 18.9 Å². The Labute approximate surface area is 209 Å². The van der Waals surface area contributed by atoms with Crippen molar-refractivity contribution >= 4 is 32.5 Å². The van der Waals surface area contributed by atoms with Crippen molar-refractivity contribution in [2.45, 2.75) is 13.2 Å². The second kappa shape index (κ2) is 10.4. The number of benzene rings is 3. The van der Waals surface area contributed by atoms with Crippen LogP contribution in [0.5, 0.6) is 11.5 Å². The zero-order valence-electron chi connectivity index (χ0n) is 19.2. The third-order valence-corrected chi connectivity index (χ3v) is 5.88. The Morgan fingerprint density at radius 1 is 1.08 bits per heavy atom. The Balaban J connectivity index is 1.80. The first-order valence-electron chi connectivity index (χ1n) is 10.7. The van der Waals surface area contributed by atoms with Gasteiger partial charge in [-0.05, 0) is 36.4 Å². The Morgan fingerprint density at radius 2 is 1.78 bits per heavy atom. The predicted octanol–water partition coefficient (Wildman–Crippen LogP) is 5.53. The number of carbonyl (C=O) groups is 1. The van der Waals surface area contributed by atoms with Crippen LogP contribution < -0.4 is 14.8 Å². The highest BCUT2D eigenvalue weighted by Crippen LogP contribution is 2.39. The monoisotopic (exact) mass is 535 g/mol. The van der Waals surface area contributed by atoms with Gasteiger partial charge in [0.25, 0.3) is 0 Å². The van der Waals surface area contributed by atoms with E-state index >= 15 is 0 Å². The van der Waals surface area contributed by atoms with Gasteiger partial charge < -0.3 is 24.3 Å². The topological polar surface area (TPSA) is 115 Å². The molecule has 37 heavy (non-hydrogen) atoms. The maximum absolute atomic E-state index is 13.4. The van der Waals surface area contributed by atoms with Crippen molar-refractivity contribution in [2.24, 2.45) is 0 Å².